The van der Waals surface area contributed by atoms with E-state index < -0.39 is 0 Å². The van der Waals surface area contributed by atoms with Crippen LogP contribution in [0.15, 0.2) is 30.3 Å². The highest BCUT2D eigenvalue weighted by atomic mass is 15.3. The Balaban J connectivity index is 1.64. The van der Waals surface area contributed by atoms with E-state index in [1.54, 1.807) is 0 Å². The summed E-state index contributed by atoms with van der Waals surface area (Å²) in [5.74, 6) is 0.768. The highest BCUT2D eigenvalue weighted by Gasteiger charge is 2.18. The van der Waals surface area contributed by atoms with Crippen molar-refractivity contribution in [1.82, 2.24) is 9.80 Å². The average Bonchev–Trinajstić information content (AvgIpc) is 2.48. The van der Waals surface area contributed by atoms with Crippen molar-refractivity contribution < 1.29 is 0 Å². The second-order valence-corrected chi connectivity index (χ2v) is 6.78. The van der Waals surface area contributed by atoms with Crippen LogP contribution in [0.3, 0.4) is 0 Å². The highest BCUT2D eigenvalue weighted by molar-refractivity contribution is 5.14. The van der Waals surface area contributed by atoms with Crippen molar-refractivity contribution >= 4 is 0 Å². The maximum absolute atomic E-state index is 6.31. The summed E-state index contributed by atoms with van der Waals surface area (Å²) in [6.45, 7) is 11.6. The first kappa shape index (κ1) is 16.5. The Hall–Kier alpha value is -0.900. The van der Waals surface area contributed by atoms with E-state index >= 15 is 0 Å². The summed E-state index contributed by atoms with van der Waals surface area (Å²) in [7, 11) is 0. The largest absolute Gasteiger partial charge is 0.327 e. The van der Waals surface area contributed by atoms with Gasteiger partial charge in [0.15, 0.2) is 0 Å². The van der Waals surface area contributed by atoms with E-state index in [9.17, 15) is 0 Å². The number of aryl methyl sites for hydroxylation is 1. The molecule has 0 bridgehead atoms. The minimum atomic E-state index is 0.293. The van der Waals surface area contributed by atoms with Gasteiger partial charge in [-0.3, -0.25) is 4.90 Å². The van der Waals surface area contributed by atoms with Crippen LogP contribution in [0.2, 0.25) is 0 Å². The van der Waals surface area contributed by atoms with Crippen LogP contribution < -0.4 is 5.73 Å². The maximum atomic E-state index is 6.31. The third-order valence-corrected chi connectivity index (χ3v) is 4.23. The standard InChI is InChI=1S/C18H31N3/c1-16(2)14-20-10-12-21(13-11-20)15-18(19)9-8-17-6-4-3-5-7-17/h3-7,16,18H,8-15,19H2,1-2H3. The van der Waals surface area contributed by atoms with Crippen molar-refractivity contribution in [1.29, 1.82) is 0 Å². The van der Waals surface area contributed by atoms with Crippen LogP contribution in [0, 0.1) is 5.92 Å². The molecule has 1 heterocycles. The fraction of sp³-hybridized carbons (Fsp3) is 0.667. The van der Waals surface area contributed by atoms with Gasteiger partial charge >= 0.3 is 0 Å². The van der Waals surface area contributed by atoms with Gasteiger partial charge in [-0.25, -0.2) is 0 Å². The normalized spacial score (nSPS) is 19.0. The molecule has 1 aromatic rings. The molecule has 1 aromatic carbocycles. The molecule has 1 unspecified atom stereocenters. The molecule has 1 fully saturated rings. The van der Waals surface area contributed by atoms with Crippen molar-refractivity contribution in [2.45, 2.75) is 32.7 Å². The van der Waals surface area contributed by atoms with Crippen LogP contribution in [-0.2, 0) is 6.42 Å². The molecule has 1 atom stereocenters. The van der Waals surface area contributed by atoms with Crippen molar-refractivity contribution in [3.63, 3.8) is 0 Å². The van der Waals surface area contributed by atoms with E-state index in [4.69, 9.17) is 5.73 Å². The van der Waals surface area contributed by atoms with Gasteiger partial charge in [-0.1, -0.05) is 44.2 Å². The second kappa shape index (κ2) is 8.52. The van der Waals surface area contributed by atoms with Gasteiger partial charge in [0.2, 0.25) is 0 Å². The topological polar surface area (TPSA) is 32.5 Å². The van der Waals surface area contributed by atoms with Crippen molar-refractivity contribution in [3.05, 3.63) is 35.9 Å². The summed E-state index contributed by atoms with van der Waals surface area (Å²) >= 11 is 0. The van der Waals surface area contributed by atoms with Crippen LogP contribution in [-0.4, -0.2) is 55.1 Å². The van der Waals surface area contributed by atoms with Gasteiger partial charge in [-0.2, -0.15) is 0 Å². The molecule has 0 saturated carbocycles. The molecule has 0 amide bonds. The lowest BCUT2D eigenvalue weighted by Crippen LogP contribution is -2.50. The molecule has 1 aliphatic rings. The molecule has 0 spiro atoms. The van der Waals surface area contributed by atoms with E-state index in [-0.39, 0.29) is 0 Å². The first-order chi connectivity index (χ1) is 10.1. The summed E-state index contributed by atoms with van der Waals surface area (Å²) in [4.78, 5) is 5.11. The minimum absolute atomic E-state index is 0.293. The van der Waals surface area contributed by atoms with Crippen LogP contribution in [0.5, 0.6) is 0 Å². The smallest absolute Gasteiger partial charge is 0.0171 e. The van der Waals surface area contributed by atoms with Gasteiger partial charge in [-0.05, 0) is 24.3 Å². The SMILES string of the molecule is CC(C)CN1CCN(CC(N)CCc2ccccc2)CC1. The van der Waals surface area contributed by atoms with Crippen molar-refractivity contribution in [3.8, 4) is 0 Å². The summed E-state index contributed by atoms with van der Waals surface area (Å²) in [6, 6.07) is 11.0. The fourth-order valence-electron chi connectivity index (χ4n) is 3.09. The monoisotopic (exact) mass is 289 g/mol. The third kappa shape index (κ3) is 6.16. The average molecular weight is 289 g/mol. The lowest BCUT2D eigenvalue weighted by Gasteiger charge is -2.36. The molecular weight excluding hydrogens is 258 g/mol. The summed E-state index contributed by atoms with van der Waals surface area (Å²) in [5, 5.41) is 0. The van der Waals surface area contributed by atoms with E-state index in [2.05, 4.69) is 54.0 Å². The summed E-state index contributed by atoms with van der Waals surface area (Å²) in [6.07, 6.45) is 2.17. The van der Waals surface area contributed by atoms with Gasteiger partial charge in [0.05, 0.1) is 0 Å². The number of piperazine rings is 1. The molecular formula is C18H31N3. The molecule has 1 aliphatic heterocycles. The molecule has 2 N–H and O–H groups in total. The number of hydrogen-bond donors (Lipinski definition) is 1. The van der Waals surface area contributed by atoms with E-state index in [1.165, 1.54) is 38.3 Å². The molecule has 118 valence electrons. The fourth-order valence-corrected chi connectivity index (χ4v) is 3.09. The number of hydrogen-bond acceptors (Lipinski definition) is 3. The zero-order valence-corrected chi connectivity index (χ0v) is 13.7. The number of rotatable bonds is 7. The first-order valence-corrected chi connectivity index (χ1v) is 8.37. The van der Waals surface area contributed by atoms with Crippen LogP contribution >= 0.6 is 0 Å². The molecule has 3 heteroatoms. The molecule has 2 rings (SSSR count). The number of benzene rings is 1. The third-order valence-electron chi connectivity index (χ3n) is 4.23. The molecule has 1 saturated heterocycles. The summed E-state index contributed by atoms with van der Waals surface area (Å²) in [5.41, 5.74) is 7.71. The maximum Gasteiger partial charge on any atom is 0.0171 e. The predicted octanol–water partition coefficient (Wildman–Crippen LogP) is 2.22. The number of nitrogens with zero attached hydrogens (tertiary/aromatic N) is 2. The highest BCUT2D eigenvalue weighted by Crippen LogP contribution is 2.08. The van der Waals surface area contributed by atoms with Gasteiger partial charge < -0.3 is 10.6 Å². The zero-order valence-electron chi connectivity index (χ0n) is 13.7. The van der Waals surface area contributed by atoms with Gasteiger partial charge in [0, 0.05) is 45.3 Å². The minimum Gasteiger partial charge on any atom is -0.327 e. The Bertz CT molecular complexity index is 383. The lowest BCUT2D eigenvalue weighted by molar-refractivity contribution is 0.117. The summed E-state index contributed by atoms with van der Waals surface area (Å²) < 4.78 is 0. The van der Waals surface area contributed by atoms with Gasteiger partial charge in [0.1, 0.15) is 0 Å². The van der Waals surface area contributed by atoms with Crippen LogP contribution in [0.1, 0.15) is 25.8 Å². The quantitative estimate of drug-likeness (QED) is 0.835. The second-order valence-electron chi connectivity index (χ2n) is 6.78. The van der Waals surface area contributed by atoms with E-state index in [0.717, 1.165) is 25.3 Å². The molecule has 0 aromatic heterocycles. The van der Waals surface area contributed by atoms with Gasteiger partial charge in [0.25, 0.3) is 0 Å². The Labute approximate surface area is 130 Å². The van der Waals surface area contributed by atoms with Crippen molar-refractivity contribution in [2.75, 3.05) is 39.3 Å². The van der Waals surface area contributed by atoms with Crippen LogP contribution in [0.25, 0.3) is 0 Å². The van der Waals surface area contributed by atoms with Crippen molar-refractivity contribution in [2.24, 2.45) is 11.7 Å². The molecule has 0 radical (unpaired) electrons. The predicted molar refractivity (Wildman–Crippen MR) is 90.5 cm³/mol. The Morgan fingerprint density at radius 3 is 2.10 bits per heavy atom. The van der Waals surface area contributed by atoms with Gasteiger partial charge in [-0.15, -0.1) is 0 Å². The molecule has 21 heavy (non-hydrogen) atoms. The Morgan fingerprint density at radius 2 is 1.52 bits per heavy atom. The van der Waals surface area contributed by atoms with Crippen LogP contribution in [0.4, 0.5) is 0 Å². The lowest BCUT2D eigenvalue weighted by atomic mass is 10.1. The number of nitrogens with two attached hydrogens (primary N) is 1. The molecule has 3 nitrogen and oxygen atoms in total. The molecule has 0 aliphatic carbocycles. The van der Waals surface area contributed by atoms with E-state index in [1.807, 2.05) is 0 Å². The first-order valence-electron chi connectivity index (χ1n) is 8.37. The van der Waals surface area contributed by atoms with E-state index in [0.29, 0.717) is 6.04 Å². The Morgan fingerprint density at radius 1 is 0.952 bits per heavy atom. The Kier molecular flexibility index (Phi) is 6.68. The zero-order chi connectivity index (χ0) is 15.1.